The monoisotopic (exact) mass is 320 g/mol. The maximum atomic E-state index is 4.41. The highest BCUT2D eigenvalue weighted by molar-refractivity contribution is 5.99. The van der Waals surface area contributed by atoms with Crippen LogP contribution in [0.25, 0.3) is 5.82 Å². The van der Waals surface area contributed by atoms with Gasteiger partial charge in [-0.05, 0) is 37.0 Å². The highest BCUT2D eigenvalue weighted by Gasteiger charge is 2.03. The average Bonchev–Trinajstić information content (AvgIpc) is 3.06. The fourth-order valence-corrected chi connectivity index (χ4v) is 2.26. The highest BCUT2D eigenvalue weighted by atomic mass is 15.3. The van der Waals surface area contributed by atoms with Gasteiger partial charge in [0.1, 0.15) is 6.33 Å². The first-order valence-electron chi connectivity index (χ1n) is 7.89. The van der Waals surface area contributed by atoms with Crippen LogP contribution in [-0.4, -0.2) is 25.5 Å². The van der Waals surface area contributed by atoms with Crippen molar-refractivity contribution in [3.05, 3.63) is 65.7 Å². The van der Waals surface area contributed by atoms with Crippen LogP contribution in [0.15, 0.2) is 54.2 Å². The summed E-state index contributed by atoms with van der Waals surface area (Å²) >= 11 is 0. The van der Waals surface area contributed by atoms with Gasteiger partial charge in [0.15, 0.2) is 11.6 Å². The molecule has 2 heterocycles. The number of aryl methyl sites for hydroxylation is 2. The highest BCUT2D eigenvalue weighted by Crippen LogP contribution is 2.10. The molecule has 0 aliphatic rings. The molecule has 0 saturated carbocycles. The zero-order valence-corrected chi connectivity index (χ0v) is 14.1. The zero-order valence-electron chi connectivity index (χ0n) is 14.1. The number of nitrogens with one attached hydrogen (secondary N) is 1. The number of anilines is 1. The summed E-state index contributed by atoms with van der Waals surface area (Å²) in [4.78, 5) is 8.42. The Bertz CT molecular complexity index is 848. The van der Waals surface area contributed by atoms with Crippen LogP contribution in [0.3, 0.4) is 0 Å². The second-order valence-corrected chi connectivity index (χ2v) is 5.58. The summed E-state index contributed by atoms with van der Waals surface area (Å²) in [6.07, 6.45) is 6.23. The van der Waals surface area contributed by atoms with Gasteiger partial charge in [0, 0.05) is 12.3 Å². The van der Waals surface area contributed by atoms with Crippen molar-refractivity contribution in [2.45, 2.75) is 27.2 Å². The minimum Gasteiger partial charge on any atom is -0.261 e. The molecule has 6 nitrogen and oxygen atoms in total. The number of aromatic nitrogens is 4. The van der Waals surface area contributed by atoms with E-state index in [1.54, 1.807) is 10.9 Å². The lowest BCUT2D eigenvalue weighted by molar-refractivity contribution is 0.839. The quantitative estimate of drug-likeness (QED) is 0.578. The molecule has 0 aliphatic heterocycles. The van der Waals surface area contributed by atoms with Gasteiger partial charge in [0.2, 0.25) is 0 Å². The molecule has 0 spiro atoms. The van der Waals surface area contributed by atoms with Gasteiger partial charge in [0.05, 0.1) is 11.9 Å². The van der Waals surface area contributed by atoms with Crippen LogP contribution in [0.2, 0.25) is 0 Å². The van der Waals surface area contributed by atoms with Crippen molar-refractivity contribution in [2.75, 3.05) is 5.43 Å². The molecule has 1 N–H and O–H groups in total. The Morgan fingerprint density at radius 3 is 2.67 bits per heavy atom. The molecule has 0 amide bonds. The molecule has 0 aliphatic carbocycles. The van der Waals surface area contributed by atoms with E-state index in [0.717, 1.165) is 23.3 Å². The van der Waals surface area contributed by atoms with Gasteiger partial charge in [-0.2, -0.15) is 10.2 Å². The van der Waals surface area contributed by atoms with Gasteiger partial charge < -0.3 is 0 Å². The maximum Gasteiger partial charge on any atom is 0.158 e. The number of nitrogens with zero attached hydrogens (tertiary/aromatic N) is 5. The zero-order chi connectivity index (χ0) is 16.9. The van der Waals surface area contributed by atoms with Crippen LogP contribution in [0.5, 0.6) is 0 Å². The summed E-state index contributed by atoms with van der Waals surface area (Å²) in [5, 5.41) is 8.66. The van der Waals surface area contributed by atoms with Gasteiger partial charge >= 0.3 is 0 Å². The van der Waals surface area contributed by atoms with E-state index in [0.29, 0.717) is 11.6 Å². The summed E-state index contributed by atoms with van der Waals surface area (Å²) in [5.41, 5.74) is 7.35. The van der Waals surface area contributed by atoms with E-state index in [9.17, 15) is 0 Å². The van der Waals surface area contributed by atoms with Crippen molar-refractivity contribution in [3.63, 3.8) is 0 Å². The van der Waals surface area contributed by atoms with Crippen LogP contribution in [0, 0.1) is 6.92 Å². The number of hydrazone groups is 1. The van der Waals surface area contributed by atoms with E-state index < -0.39 is 0 Å². The molecule has 0 atom stereocenters. The summed E-state index contributed by atoms with van der Waals surface area (Å²) in [5.74, 6) is 1.32. The molecular formula is C18H20N6. The van der Waals surface area contributed by atoms with Crippen molar-refractivity contribution in [2.24, 2.45) is 5.10 Å². The standard InChI is InChI=1S/C18H20N6/c1-4-15-5-7-16(8-6-15)14(3)22-23-17-9-18(20-12-19-17)24-11-13(2)10-21-24/h5-12H,4H2,1-3H3,(H,19,20,23). The fraction of sp³-hybridized carbons (Fsp3) is 0.222. The smallest absolute Gasteiger partial charge is 0.158 e. The molecule has 24 heavy (non-hydrogen) atoms. The van der Waals surface area contributed by atoms with Gasteiger partial charge in [0.25, 0.3) is 0 Å². The fourth-order valence-electron chi connectivity index (χ4n) is 2.26. The van der Waals surface area contributed by atoms with Crippen molar-refractivity contribution in [1.82, 2.24) is 19.7 Å². The predicted octanol–water partition coefficient (Wildman–Crippen LogP) is 3.37. The molecular weight excluding hydrogens is 300 g/mol. The summed E-state index contributed by atoms with van der Waals surface area (Å²) in [7, 11) is 0. The Labute approximate surface area is 141 Å². The van der Waals surface area contributed by atoms with E-state index in [4.69, 9.17) is 0 Å². The van der Waals surface area contributed by atoms with Gasteiger partial charge in [-0.1, -0.05) is 31.2 Å². The topological polar surface area (TPSA) is 68.0 Å². The van der Waals surface area contributed by atoms with Gasteiger partial charge in [-0.25, -0.2) is 14.6 Å². The van der Waals surface area contributed by atoms with Crippen molar-refractivity contribution in [3.8, 4) is 5.82 Å². The van der Waals surface area contributed by atoms with E-state index in [1.807, 2.05) is 26.1 Å². The third kappa shape index (κ3) is 3.65. The number of rotatable bonds is 5. The molecule has 0 saturated heterocycles. The first kappa shape index (κ1) is 15.9. The first-order valence-corrected chi connectivity index (χ1v) is 7.89. The van der Waals surface area contributed by atoms with E-state index in [2.05, 4.69) is 56.8 Å². The lowest BCUT2D eigenvalue weighted by atomic mass is 10.1. The SMILES string of the molecule is CCc1ccc(C(C)=NNc2cc(-n3cc(C)cn3)ncn2)cc1. The van der Waals surface area contributed by atoms with Crippen LogP contribution in [0.4, 0.5) is 5.82 Å². The predicted molar refractivity (Wildman–Crippen MR) is 95.5 cm³/mol. The van der Waals surface area contributed by atoms with Crippen molar-refractivity contribution >= 4 is 11.5 Å². The van der Waals surface area contributed by atoms with Gasteiger partial charge in [-0.15, -0.1) is 0 Å². The lowest BCUT2D eigenvalue weighted by Gasteiger charge is -2.05. The molecule has 0 unspecified atom stereocenters. The molecule has 1 aromatic carbocycles. The third-order valence-electron chi connectivity index (χ3n) is 3.72. The number of hydrogen-bond donors (Lipinski definition) is 1. The van der Waals surface area contributed by atoms with Crippen LogP contribution in [-0.2, 0) is 6.42 Å². The van der Waals surface area contributed by atoms with Crippen molar-refractivity contribution < 1.29 is 0 Å². The molecule has 2 aromatic heterocycles. The van der Waals surface area contributed by atoms with Crippen LogP contribution in [0.1, 0.15) is 30.5 Å². The summed E-state index contributed by atoms with van der Waals surface area (Å²) < 4.78 is 1.71. The minimum atomic E-state index is 0.623. The lowest BCUT2D eigenvalue weighted by Crippen LogP contribution is -2.03. The van der Waals surface area contributed by atoms with E-state index in [1.165, 1.54) is 11.9 Å². The second-order valence-electron chi connectivity index (χ2n) is 5.58. The first-order chi connectivity index (χ1) is 11.7. The Morgan fingerprint density at radius 2 is 2.00 bits per heavy atom. The molecule has 122 valence electrons. The third-order valence-corrected chi connectivity index (χ3v) is 3.72. The van der Waals surface area contributed by atoms with Gasteiger partial charge in [-0.3, -0.25) is 5.43 Å². The van der Waals surface area contributed by atoms with E-state index in [-0.39, 0.29) is 0 Å². The average molecular weight is 320 g/mol. The molecule has 0 fully saturated rings. The number of hydrogen-bond acceptors (Lipinski definition) is 5. The molecule has 0 bridgehead atoms. The second kappa shape index (κ2) is 7.04. The van der Waals surface area contributed by atoms with E-state index >= 15 is 0 Å². The molecule has 3 aromatic rings. The largest absolute Gasteiger partial charge is 0.261 e. The Morgan fingerprint density at radius 1 is 1.21 bits per heavy atom. The summed E-state index contributed by atoms with van der Waals surface area (Å²) in [6, 6.07) is 10.2. The number of benzene rings is 1. The van der Waals surface area contributed by atoms with Crippen molar-refractivity contribution in [1.29, 1.82) is 0 Å². The Kier molecular flexibility index (Phi) is 4.65. The molecule has 3 rings (SSSR count). The maximum absolute atomic E-state index is 4.41. The minimum absolute atomic E-state index is 0.623. The molecule has 6 heteroatoms. The normalized spacial score (nSPS) is 11.5. The molecule has 0 radical (unpaired) electrons. The van der Waals surface area contributed by atoms with Crippen LogP contribution < -0.4 is 5.43 Å². The van der Waals surface area contributed by atoms with Crippen LogP contribution >= 0.6 is 0 Å². The Balaban J connectivity index is 1.75. The summed E-state index contributed by atoms with van der Waals surface area (Å²) in [6.45, 7) is 6.10. The Hall–Kier alpha value is -3.02.